The van der Waals surface area contributed by atoms with Crippen molar-refractivity contribution in [2.75, 3.05) is 0 Å². The first-order chi connectivity index (χ1) is 15.6. The summed E-state index contributed by atoms with van der Waals surface area (Å²) < 4.78 is 0. The van der Waals surface area contributed by atoms with Crippen molar-refractivity contribution in [3.63, 3.8) is 0 Å². The number of hydrogen-bond donors (Lipinski definition) is 3. The molecule has 1 saturated carbocycles. The normalized spacial score (nSPS) is 37.3. The average Bonchev–Trinajstić information content (AvgIpc) is 3.05. The molecule has 2 amide bonds. The molecule has 0 bridgehead atoms. The molecule has 3 N–H and O–H groups in total. The van der Waals surface area contributed by atoms with Crippen LogP contribution in [0.25, 0.3) is 0 Å². The third-order valence-corrected chi connectivity index (χ3v) is 7.70. The number of unbranched alkanes of at least 4 members (excludes halogenated alkanes) is 2. The number of rotatable bonds is 8. The fourth-order valence-electron chi connectivity index (χ4n) is 6.16. The summed E-state index contributed by atoms with van der Waals surface area (Å²) in [6, 6.07) is 0. The van der Waals surface area contributed by atoms with E-state index in [0.29, 0.717) is 18.4 Å². The second-order valence-electron chi connectivity index (χ2n) is 9.97. The van der Waals surface area contributed by atoms with Crippen LogP contribution in [-0.2, 0) is 19.2 Å². The van der Waals surface area contributed by atoms with E-state index in [2.05, 4.69) is 18.8 Å². The zero-order chi connectivity index (χ0) is 24.5. The Morgan fingerprint density at radius 1 is 1.27 bits per heavy atom. The lowest BCUT2D eigenvalue weighted by Crippen LogP contribution is -2.56. The van der Waals surface area contributed by atoms with Crippen molar-refractivity contribution in [2.24, 2.45) is 35.5 Å². The van der Waals surface area contributed by atoms with Crippen LogP contribution in [-0.4, -0.2) is 39.4 Å². The zero-order valence-corrected chi connectivity index (χ0v) is 19.7. The number of carboxylic acids is 1. The predicted octanol–water partition coefficient (Wildman–Crippen LogP) is 3.19. The van der Waals surface area contributed by atoms with Crippen LogP contribution in [0.2, 0.25) is 0 Å². The minimum atomic E-state index is -1.45. The fraction of sp³-hybridized carbons (Fsp3) is 0.615. The molecule has 1 aliphatic heterocycles. The number of ketones is 1. The van der Waals surface area contributed by atoms with Gasteiger partial charge in [0.2, 0.25) is 5.91 Å². The fourth-order valence-corrected chi connectivity index (χ4v) is 6.16. The number of allylic oxidation sites excluding steroid dienone is 3. The van der Waals surface area contributed by atoms with Crippen LogP contribution in [0.4, 0.5) is 0 Å². The van der Waals surface area contributed by atoms with Gasteiger partial charge in [0.25, 0.3) is 5.91 Å². The standard InChI is InChI=1S/C26H35NO6/c1-5-7-8-9-16(6-2)19-20(24(30)27-23(19)29)22(28)18-14(3)10-11-26(33)13-17(25(31)32)12-15(4)21(18)26/h6,10-11,14-15,17-18,20-21,33H,2,5,7-9,12-13H2,1,3-4H3,(H,31,32)(H,27,29,30). The van der Waals surface area contributed by atoms with E-state index in [1.54, 1.807) is 18.2 Å². The maximum absolute atomic E-state index is 13.9. The summed E-state index contributed by atoms with van der Waals surface area (Å²) in [6.45, 7) is 9.60. The number of carbonyl (C=O) groups excluding carboxylic acids is 3. The van der Waals surface area contributed by atoms with Crippen LogP contribution in [0.1, 0.15) is 59.3 Å². The van der Waals surface area contributed by atoms with Crippen molar-refractivity contribution in [3.05, 3.63) is 36.0 Å². The number of carbonyl (C=O) groups is 4. The molecule has 7 nitrogen and oxygen atoms in total. The van der Waals surface area contributed by atoms with Crippen LogP contribution in [0.15, 0.2) is 36.0 Å². The Hall–Kier alpha value is -2.54. The number of hydrogen-bond acceptors (Lipinski definition) is 5. The molecule has 2 fully saturated rings. The van der Waals surface area contributed by atoms with Crippen molar-refractivity contribution in [2.45, 2.75) is 64.9 Å². The second-order valence-corrected chi connectivity index (χ2v) is 9.97. The Labute approximate surface area is 195 Å². The maximum Gasteiger partial charge on any atom is 0.306 e. The molecule has 0 radical (unpaired) electrons. The first kappa shape index (κ1) is 25.1. The number of amides is 2. The number of nitrogens with one attached hydrogen (secondary N) is 1. The first-order valence-electron chi connectivity index (χ1n) is 11.9. The molecule has 0 aromatic carbocycles. The maximum atomic E-state index is 13.9. The molecule has 3 rings (SSSR count). The Morgan fingerprint density at radius 3 is 2.58 bits per heavy atom. The second kappa shape index (κ2) is 9.75. The Bertz CT molecular complexity index is 918. The van der Waals surface area contributed by atoms with Crippen molar-refractivity contribution in [3.8, 4) is 0 Å². The van der Waals surface area contributed by atoms with Gasteiger partial charge in [0.15, 0.2) is 5.78 Å². The summed E-state index contributed by atoms with van der Waals surface area (Å²) in [7, 11) is 0. The third kappa shape index (κ3) is 4.60. The van der Waals surface area contributed by atoms with Crippen molar-refractivity contribution >= 4 is 23.6 Å². The molecule has 7 atom stereocenters. The van der Waals surface area contributed by atoms with E-state index < -0.39 is 47.1 Å². The smallest absolute Gasteiger partial charge is 0.306 e. The Balaban J connectivity index is 2.00. The first-order valence-corrected chi connectivity index (χ1v) is 11.9. The highest BCUT2D eigenvalue weighted by Crippen LogP contribution is 2.51. The molecule has 180 valence electrons. The van der Waals surface area contributed by atoms with Gasteiger partial charge in [-0.15, -0.1) is 0 Å². The molecule has 3 aliphatic rings. The third-order valence-electron chi connectivity index (χ3n) is 7.70. The van der Waals surface area contributed by atoms with Gasteiger partial charge in [-0.3, -0.25) is 24.5 Å². The minimum absolute atomic E-state index is 0.0256. The molecule has 0 aromatic heterocycles. The van der Waals surface area contributed by atoms with Gasteiger partial charge in [0.05, 0.1) is 11.5 Å². The lowest BCUT2D eigenvalue weighted by atomic mass is 9.55. The van der Waals surface area contributed by atoms with Crippen LogP contribution < -0.4 is 5.32 Å². The van der Waals surface area contributed by atoms with E-state index >= 15 is 0 Å². The Morgan fingerprint density at radius 2 is 1.97 bits per heavy atom. The van der Waals surface area contributed by atoms with Gasteiger partial charge >= 0.3 is 5.97 Å². The van der Waals surface area contributed by atoms with E-state index in [9.17, 15) is 29.4 Å². The van der Waals surface area contributed by atoms with Gasteiger partial charge < -0.3 is 10.2 Å². The summed E-state index contributed by atoms with van der Waals surface area (Å²) in [6.07, 6.45) is 8.64. The van der Waals surface area contributed by atoms with Gasteiger partial charge in [-0.1, -0.05) is 58.4 Å². The van der Waals surface area contributed by atoms with Gasteiger partial charge in [0.1, 0.15) is 5.92 Å². The topological polar surface area (TPSA) is 121 Å². The molecule has 0 aromatic rings. The van der Waals surface area contributed by atoms with E-state index in [4.69, 9.17) is 0 Å². The molecule has 33 heavy (non-hydrogen) atoms. The number of fused-ring (bicyclic) bond motifs is 1. The number of aliphatic carboxylic acids is 1. The van der Waals surface area contributed by atoms with Crippen LogP contribution >= 0.6 is 0 Å². The SMILES string of the molecule is C=CC(CCCCC)=C1C(=O)NC(=O)C1C(=O)C1C(C)C=CC2(O)CC(C(=O)O)CC(C)C12. The summed E-state index contributed by atoms with van der Waals surface area (Å²) in [5, 5.41) is 23.3. The van der Waals surface area contributed by atoms with E-state index in [1.807, 2.05) is 13.8 Å². The number of Topliss-reactive ketones (excluding diaryl/α,β-unsaturated/α-hetero) is 1. The predicted molar refractivity (Wildman–Crippen MR) is 123 cm³/mol. The van der Waals surface area contributed by atoms with Crippen LogP contribution in [0.3, 0.4) is 0 Å². The zero-order valence-electron chi connectivity index (χ0n) is 19.7. The molecule has 2 aliphatic carbocycles. The van der Waals surface area contributed by atoms with Crippen molar-refractivity contribution in [1.29, 1.82) is 0 Å². The van der Waals surface area contributed by atoms with Crippen molar-refractivity contribution in [1.82, 2.24) is 5.32 Å². The van der Waals surface area contributed by atoms with Gasteiger partial charge in [-0.2, -0.15) is 0 Å². The number of imide groups is 1. The van der Waals surface area contributed by atoms with Gasteiger partial charge in [-0.05, 0) is 43.1 Å². The van der Waals surface area contributed by atoms with Crippen molar-refractivity contribution < 1.29 is 29.4 Å². The molecule has 0 spiro atoms. The van der Waals surface area contributed by atoms with Crippen LogP contribution in [0, 0.1) is 35.5 Å². The summed E-state index contributed by atoms with van der Waals surface area (Å²) in [4.78, 5) is 51.1. The molecule has 7 unspecified atom stereocenters. The summed E-state index contributed by atoms with van der Waals surface area (Å²) >= 11 is 0. The highest BCUT2D eigenvalue weighted by Gasteiger charge is 2.57. The molecule has 1 saturated heterocycles. The Kier molecular flexibility index (Phi) is 7.42. The van der Waals surface area contributed by atoms with E-state index in [1.165, 1.54) is 0 Å². The molecular formula is C26H35NO6. The summed E-state index contributed by atoms with van der Waals surface area (Å²) in [5.74, 6) is -6.21. The number of aliphatic hydroxyl groups is 1. The minimum Gasteiger partial charge on any atom is -0.481 e. The molecule has 1 heterocycles. The highest BCUT2D eigenvalue weighted by molar-refractivity contribution is 6.24. The van der Waals surface area contributed by atoms with Crippen LogP contribution in [0.5, 0.6) is 0 Å². The van der Waals surface area contributed by atoms with E-state index in [-0.39, 0.29) is 29.6 Å². The lowest BCUT2D eigenvalue weighted by Gasteiger charge is -2.51. The van der Waals surface area contributed by atoms with Gasteiger partial charge in [-0.25, -0.2) is 0 Å². The lowest BCUT2D eigenvalue weighted by molar-refractivity contribution is -0.156. The van der Waals surface area contributed by atoms with Gasteiger partial charge in [0, 0.05) is 17.4 Å². The quantitative estimate of drug-likeness (QED) is 0.169. The number of carboxylic acid groups (broad SMARTS) is 1. The largest absolute Gasteiger partial charge is 0.481 e. The molecule has 7 heteroatoms. The molecular weight excluding hydrogens is 422 g/mol. The van der Waals surface area contributed by atoms with E-state index in [0.717, 1.165) is 19.3 Å². The average molecular weight is 458 g/mol. The monoisotopic (exact) mass is 457 g/mol. The highest BCUT2D eigenvalue weighted by atomic mass is 16.4. The summed E-state index contributed by atoms with van der Waals surface area (Å²) in [5.41, 5.74) is -0.658.